The van der Waals surface area contributed by atoms with Crippen LogP contribution in [0.5, 0.6) is 0 Å². The van der Waals surface area contributed by atoms with Crippen molar-refractivity contribution in [3.63, 3.8) is 0 Å². The lowest BCUT2D eigenvalue weighted by molar-refractivity contribution is 0.141. The van der Waals surface area contributed by atoms with Crippen LogP contribution in [0.15, 0.2) is 12.3 Å². The molecule has 1 heterocycles. The van der Waals surface area contributed by atoms with Gasteiger partial charge in [0.2, 0.25) is 0 Å². The lowest BCUT2D eigenvalue weighted by atomic mass is 10.2. The molecule has 0 aromatic carbocycles. The second-order valence-electron chi connectivity index (χ2n) is 3.29. The lowest BCUT2D eigenvalue weighted by Crippen LogP contribution is -2.29. The molecule has 1 fully saturated rings. The van der Waals surface area contributed by atoms with Gasteiger partial charge < -0.3 is 9.64 Å². The third-order valence-electron chi connectivity index (χ3n) is 2.19. The van der Waals surface area contributed by atoms with Crippen LogP contribution in [0.25, 0.3) is 0 Å². The molecule has 1 rings (SSSR count). The first-order chi connectivity index (χ1) is 5.20. The Morgan fingerprint density at radius 1 is 1.73 bits per heavy atom. The van der Waals surface area contributed by atoms with Gasteiger partial charge in [0.1, 0.15) is 6.61 Å². The molecule has 0 radical (unpaired) electrons. The first-order valence-electron chi connectivity index (χ1n) is 4.18. The molecule has 0 N–H and O–H groups in total. The van der Waals surface area contributed by atoms with Crippen LogP contribution in [0.3, 0.4) is 0 Å². The van der Waals surface area contributed by atoms with E-state index < -0.39 is 0 Å². The molecular weight excluding hydrogens is 138 g/mol. The first-order valence-corrected chi connectivity index (χ1v) is 4.18. The number of allylic oxidation sites excluding steroid dienone is 1. The second-order valence-corrected chi connectivity index (χ2v) is 3.29. The highest BCUT2D eigenvalue weighted by Gasteiger charge is 2.20. The molecule has 1 saturated heterocycles. The van der Waals surface area contributed by atoms with Crippen LogP contribution in [0.4, 0.5) is 0 Å². The van der Waals surface area contributed by atoms with Gasteiger partial charge in [-0.1, -0.05) is 6.58 Å². The van der Waals surface area contributed by atoms with Crippen molar-refractivity contribution < 1.29 is 4.74 Å². The molecule has 2 nitrogen and oxygen atoms in total. The zero-order valence-electron chi connectivity index (χ0n) is 7.47. The number of likely N-dealkylation sites (N-methyl/N-ethyl adjacent to an activating group) is 1. The molecule has 1 aliphatic heterocycles. The van der Waals surface area contributed by atoms with E-state index in [0.29, 0.717) is 6.04 Å². The van der Waals surface area contributed by atoms with E-state index >= 15 is 0 Å². The maximum absolute atomic E-state index is 5.36. The SMILES string of the molecule is C=C(C)OCC1CCCN1C. The number of hydrogen-bond acceptors (Lipinski definition) is 2. The molecule has 11 heavy (non-hydrogen) atoms. The summed E-state index contributed by atoms with van der Waals surface area (Å²) >= 11 is 0. The summed E-state index contributed by atoms with van der Waals surface area (Å²) in [6.07, 6.45) is 2.57. The summed E-state index contributed by atoms with van der Waals surface area (Å²) in [5.41, 5.74) is 0. The van der Waals surface area contributed by atoms with Crippen LogP contribution in [0, 0.1) is 0 Å². The topological polar surface area (TPSA) is 12.5 Å². The third-order valence-corrected chi connectivity index (χ3v) is 2.19. The average Bonchev–Trinajstić information content (AvgIpc) is 2.31. The summed E-state index contributed by atoms with van der Waals surface area (Å²) in [6.45, 7) is 7.62. The molecule has 64 valence electrons. The van der Waals surface area contributed by atoms with E-state index in [0.717, 1.165) is 12.4 Å². The highest BCUT2D eigenvalue weighted by atomic mass is 16.5. The normalized spacial score (nSPS) is 25.5. The number of ether oxygens (including phenoxy) is 1. The average molecular weight is 155 g/mol. The molecular formula is C9H17NO. The Hall–Kier alpha value is -0.500. The van der Waals surface area contributed by atoms with Gasteiger partial charge in [0, 0.05) is 6.04 Å². The third kappa shape index (κ3) is 2.54. The summed E-state index contributed by atoms with van der Waals surface area (Å²) in [6, 6.07) is 0.617. The van der Waals surface area contributed by atoms with Gasteiger partial charge in [0.15, 0.2) is 0 Å². The van der Waals surface area contributed by atoms with Crippen LogP contribution < -0.4 is 0 Å². The van der Waals surface area contributed by atoms with Crippen molar-refractivity contribution in [1.82, 2.24) is 4.90 Å². The van der Waals surface area contributed by atoms with Crippen LogP contribution >= 0.6 is 0 Å². The van der Waals surface area contributed by atoms with Crippen molar-refractivity contribution >= 4 is 0 Å². The van der Waals surface area contributed by atoms with Gasteiger partial charge >= 0.3 is 0 Å². The van der Waals surface area contributed by atoms with Gasteiger partial charge in [-0.3, -0.25) is 0 Å². The maximum Gasteiger partial charge on any atom is 0.103 e. The minimum Gasteiger partial charge on any atom is -0.497 e. The Balaban J connectivity index is 2.20. The van der Waals surface area contributed by atoms with E-state index in [4.69, 9.17) is 4.74 Å². The van der Waals surface area contributed by atoms with Crippen LogP contribution in [-0.4, -0.2) is 31.1 Å². The van der Waals surface area contributed by atoms with Gasteiger partial charge in [-0.25, -0.2) is 0 Å². The number of hydrogen-bond donors (Lipinski definition) is 0. The molecule has 1 unspecified atom stereocenters. The van der Waals surface area contributed by atoms with Crippen molar-refractivity contribution in [3.05, 3.63) is 12.3 Å². The molecule has 1 atom stereocenters. The Kier molecular flexibility index (Phi) is 2.94. The smallest absolute Gasteiger partial charge is 0.103 e. The van der Waals surface area contributed by atoms with Gasteiger partial charge in [-0.15, -0.1) is 0 Å². The Morgan fingerprint density at radius 3 is 2.91 bits per heavy atom. The molecule has 0 saturated carbocycles. The Bertz CT molecular complexity index is 144. The summed E-state index contributed by atoms with van der Waals surface area (Å²) < 4.78 is 5.36. The summed E-state index contributed by atoms with van der Waals surface area (Å²) in [7, 11) is 2.15. The molecule has 0 spiro atoms. The van der Waals surface area contributed by atoms with Crippen LogP contribution in [0.1, 0.15) is 19.8 Å². The molecule has 0 aromatic rings. The highest BCUT2D eigenvalue weighted by molar-refractivity contribution is 4.80. The van der Waals surface area contributed by atoms with E-state index in [9.17, 15) is 0 Å². The van der Waals surface area contributed by atoms with Gasteiger partial charge in [-0.2, -0.15) is 0 Å². The van der Waals surface area contributed by atoms with Crippen LogP contribution in [-0.2, 0) is 4.74 Å². The zero-order valence-corrected chi connectivity index (χ0v) is 7.47. The quantitative estimate of drug-likeness (QED) is 0.574. The number of nitrogens with zero attached hydrogens (tertiary/aromatic N) is 1. The van der Waals surface area contributed by atoms with Crippen molar-refractivity contribution in [2.24, 2.45) is 0 Å². The first kappa shape index (κ1) is 8.60. The van der Waals surface area contributed by atoms with E-state index in [2.05, 4.69) is 18.5 Å². The molecule has 0 amide bonds. The molecule has 0 aliphatic carbocycles. The predicted molar refractivity (Wildman–Crippen MR) is 46.4 cm³/mol. The van der Waals surface area contributed by atoms with Crippen molar-refractivity contribution in [2.75, 3.05) is 20.2 Å². The van der Waals surface area contributed by atoms with Crippen molar-refractivity contribution in [1.29, 1.82) is 0 Å². The van der Waals surface area contributed by atoms with Gasteiger partial charge in [0.05, 0.1) is 5.76 Å². The Morgan fingerprint density at radius 2 is 2.45 bits per heavy atom. The fourth-order valence-electron chi connectivity index (χ4n) is 1.43. The number of likely N-dealkylation sites (tertiary alicyclic amines) is 1. The molecule has 0 aromatic heterocycles. The minimum absolute atomic E-state index is 0.617. The van der Waals surface area contributed by atoms with Gasteiger partial charge in [0.25, 0.3) is 0 Å². The maximum atomic E-state index is 5.36. The molecule has 0 bridgehead atoms. The largest absolute Gasteiger partial charge is 0.497 e. The summed E-state index contributed by atoms with van der Waals surface area (Å²) in [5, 5.41) is 0. The van der Waals surface area contributed by atoms with Gasteiger partial charge in [-0.05, 0) is 33.4 Å². The highest BCUT2D eigenvalue weighted by Crippen LogP contribution is 2.15. The van der Waals surface area contributed by atoms with Crippen LogP contribution in [0.2, 0.25) is 0 Å². The summed E-state index contributed by atoms with van der Waals surface area (Å²) in [4.78, 5) is 2.35. The van der Waals surface area contributed by atoms with E-state index in [1.165, 1.54) is 19.4 Å². The second kappa shape index (κ2) is 3.77. The standard InChI is InChI=1S/C9H17NO/c1-8(2)11-7-9-5-4-6-10(9)3/h9H,1,4-7H2,2-3H3. The Labute approximate surface area is 68.8 Å². The van der Waals surface area contributed by atoms with E-state index in [1.807, 2.05) is 6.92 Å². The van der Waals surface area contributed by atoms with Crippen molar-refractivity contribution in [3.8, 4) is 0 Å². The predicted octanol–water partition coefficient (Wildman–Crippen LogP) is 1.63. The monoisotopic (exact) mass is 155 g/mol. The summed E-state index contributed by atoms with van der Waals surface area (Å²) in [5.74, 6) is 0.824. The van der Waals surface area contributed by atoms with E-state index in [1.54, 1.807) is 0 Å². The lowest BCUT2D eigenvalue weighted by Gasteiger charge is -2.19. The van der Waals surface area contributed by atoms with Crippen molar-refractivity contribution in [2.45, 2.75) is 25.8 Å². The number of rotatable bonds is 3. The fraction of sp³-hybridized carbons (Fsp3) is 0.778. The molecule has 1 aliphatic rings. The fourth-order valence-corrected chi connectivity index (χ4v) is 1.43. The molecule has 2 heteroatoms. The zero-order chi connectivity index (χ0) is 8.27. The minimum atomic E-state index is 0.617. The van der Waals surface area contributed by atoms with E-state index in [-0.39, 0.29) is 0 Å².